The highest BCUT2D eigenvalue weighted by atomic mass is 15.2. The number of rotatable bonds is 8. The summed E-state index contributed by atoms with van der Waals surface area (Å²) < 4.78 is 0. The third-order valence-corrected chi connectivity index (χ3v) is 19.5. The summed E-state index contributed by atoms with van der Waals surface area (Å²) in [7, 11) is 0. The molecule has 17 rings (SSSR count). The molecule has 4 heterocycles. The molecule has 1 spiro atoms. The fourth-order valence-electron chi connectivity index (χ4n) is 16.8. The van der Waals surface area contributed by atoms with Crippen LogP contribution in [0, 0.1) is 35.0 Å². The summed E-state index contributed by atoms with van der Waals surface area (Å²) in [5.74, 6) is 4.51. The van der Waals surface area contributed by atoms with Crippen LogP contribution in [0.2, 0.25) is 0 Å². The highest BCUT2D eigenvalue weighted by Gasteiger charge is 2.85. The molecular weight excluding hydrogens is 898 g/mol. The molecule has 4 saturated carbocycles. The molecule has 0 saturated heterocycles. The molecule has 9 aromatic rings. The lowest BCUT2D eigenvalue weighted by Crippen LogP contribution is -2.84. The van der Waals surface area contributed by atoms with E-state index in [4.69, 9.17) is 9.97 Å². The third kappa shape index (κ3) is 5.35. The Balaban J connectivity index is 0.991. The Morgan fingerprint density at radius 1 is 0.500 bits per heavy atom. The molecular formula is C68H52BN5. The van der Waals surface area contributed by atoms with Gasteiger partial charge in [0.25, 0.3) is 6.71 Å². The molecule has 6 unspecified atom stereocenters. The Morgan fingerprint density at radius 3 is 1.82 bits per heavy atom. The fourth-order valence-corrected chi connectivity index (χ4v) is 16.8. The average molecular weight is 950 g/mol. The van der Waals surface area contributed by atoms with Gasteiger partial charge < -0.3 is 14.7 Å². The van der Waals surface area contributed by atoms with Gasteiger partial charge in [0.1, 0.15) is 0 Å². The maximum atomic E-state index is 5.07. The number of pyridine rings is 2. The second kappa shape index (κ2) is 15.4. The normalized spacial score (nSPS) is 25.1. The second-order valence-electron chi connectivity index (χ2n) is 22.3. The summed E-state index contributed by atoms with van der Waals surface area (Å²) >= 11 is 0. The largest absolute Gasteiger partial charge is 0.334 e. The van der Waals surface area contributed by atoms with Gasteiger partial charge in [-0.25, -0.2) is 0 Å². The molecule has 5 nitrogen and oxygen atoms in total. The van der Waals surface area contributed by atoms with E-state index in [0.717, 1.165) is 64.0 Å². The van der Waals surface area contributed by atoms with Crippen LogP contribution in [0.1, 0.15) is 42.7 Å². The first-order valence-corrected chi connectivity index (χ1v) is 27.1. The molecule has 0 radical (unpaired) electrons. The van der Waals surface area contributed by atoms with E-state index in [1.807, 2.05) is 24.5 Å². The highest BCUT2D eigenvalue weighted by molar-refractivity contribution is 7.00. The van der Waals surface area contributed by atoms with E-state index >= 15 is 0 Å². The molecule has 74 heavy (non-hydrogen) atoms. The summed E-state index contributed by atoms with van der Waals surface area (Å²) in [4.78, 5) is 18.0. The van der Waals surface area contributed by atoms with Gasteiger partial charge in [-0.15, -0.1) is 0 Å². The van der Waals surface area contributed by atoms with Crippen molar-refractivity contribution in [3.8, 4) is 33.6 Å². The number of fused-ring (bicyclic) bond motifs is 8. The molecule has 7 aromatic carbocycles. The molecule has 0 bridgehead atoms. The van der Waals surface area contributed by atoms with Crippen LogP contribution in [0.25, 0.3) is 33.6 Å². The monoisotopic (exact) mass is 949 g/mol. The topological polar surface area (TPSA) is 35.5 Å². The van der Waals surface area contributed by atoms with Gasteiger partial charge in [-0.2, -0.15) is 0 Å². The van der Waals surface area contributed by atoms with Gasteiger partial charge in [-0.3, -0.25) is 9.97 Å². The number of nitrogens with zero attached hydrogens (tertiary/aromatic N) is 5. The van der Waals surface area contributed by atoms with E-state index in [2.05, 4.69) is 215 Å². The van der Waals surface area contributed by atoms with Crippen LogP contribution in [-0.4, -0.2) is 22.7 Å². The summed E-state index contributed by atoms with van der Waals surface area (Å²) in [5.41, 5.74) is 24.2. The van der Waals surface area contributed by atoms with Crippen molar-refractivity contribution in [2.24, 2.45) is 35.0 Å². The standard InChI is InChI=1S/C68H52BN5/c1-3-19-44(20-4-1)72(45-21-5-2-6-22-45)46-33-34-55-61(40-46)73(58-30-12-9-25-49(58)56-28-15-17-35-70-56)62-41-51-63(65-52-38-42-37-43-39-53(65)68(42,43)52)47-23-7-8-24-48(47)64(51)67-66(62)69(55)54-27-11-14-32-60(54)74(67)59-31-13-10-26-50(59)57-29-16-18-36-71-57/h1-21,23-36,40-43,45,52-53,63,65H,22,37-39H2. The average Bonchev–Trinajstić information content (AvgIpc) is 3.92. The molecule has 8 aliphatic rings. The van der Waals surface area contributed by atoms with E-state index in [9.17, 15) is 0 Å². The fraction of sp³-hybridized carbons (Fsp3) is 0.176. The van der Waals surface area contributed by atoms with Crippen LogP contribution in [0.3, 0.4) is 0 Å². The zero-order valence-electron chi connectivity index (χ0n) is 41.0. The predicted octanol–water partition coefficient (Wildman–Crippen LogP) is 14.3. The Hall–Kier alpha value is -8.22. The number of aromatic nitrogens is 2. The molecule has 6 heteroatoms. The maximum Gasteiger partial charge on any atom is 0.252 e. The van der Waals surface area contributed by atoms with Gasteiger partial charge in [0.15, 0.2) is 0 Å². The van der Waals surface area contributed by atoms with Crippen molar-refractivity contribution in [1.82, 2.24) is 9.97 Å². The molecule has 0 N–H and O–H groups in total. The predicted molar refractivity (Wildman–Crippen MR) is 303 cm³/mol. The molecule has 0 amide bonds. The molecule has 352 valence electrons. The summed E-state index contributed by atoms with van der Waals surface area (Å²) in [6.45, 7) is -0.0577. The van der Waals surface area contributed by atoms with E-state index in [1.165, 1.54) is 92.0 Å². The highest BCUT2D eigenvalue weighted by Crippen LogP contribution is 2.91. The van der Waals surface area contributed by atoms with E-state index in [0.29, 0.717) is 17.3 Å². The lowest BCUT2D eigenvalue weighted by molar-refractivity contribution is -0.412. The van der Waals surface area contributed by atoms with Gasteiger partial charge in [0.2, 0.25) is 0 Å². The van der Waals surface area contributed by atoms with Gasteiger partial charge >= 0.3 is 0 Å². The Morgan fingerprint density at radius 2 is 1.14 bits per heavy atom. The van der Waals surface area contributed by atoms with Crippen molar-refractivity contribution >= 4 is 68.6 Å². The molecule has 2 aliphatic heterocycles. The van der Waals surface area contributed by atoms with Crippen molar-refractivity contribution in [3.63, 3.8) is 0 Å². The second-order valence-corrected chi connectivity index (χ2v) is 22.3. The van der Waals surface area contributed by atoms with Crippen molar-refractivity contribution < 1.29 is 0 Å². The van der Waals surface area contributed by atoms with Gasteiger partial charge in [0, 0.05) is 63.4 Å². The molecule has 2 aromatic heterocycles. The number of para-hydroxylation sites is 4. The minimum Gasteiger partial charge on any atom is -0.334 e. The van der Waals surface area contributed by atoms with E-state index in [-0.39, 0.29) is 12.8 Å². The lowest BCUT2D eigenvalue weighted by atomic mass is 9.15. The molecule has 6 aliphatic carbocycles. The Bertz CT molecular complexity index is 3830. The van der Waals surface area contributed by atoms with Crippen LogP contribution in [0.4, 0.5) is 45.5 Å². The third-order valence-electron chi connectivity index (χ3n) is 19.5. The van der Waals surface area contributed by atoms with Crippen LogP contribution in [0.15, 0.2) is 225 Å². The quantitative estimate of drug-likeness (QED) is 0.142. The minimum absolute atomic E-state index is 0.0577. The first-order valence-electron chi connectivity index (χ1n) is 27.1. The lowest BCUT2D eigenvalue weighted by Gasteiger charge is -2.89. The first kappa shape index (κ1) is 41.3. The van der Waals surface area contributed by atoms with Crippen LogP contribution in [-0.2, 0) is 0 Å². The Kier molecular flexibility index (Phi) is 8.60. The van der Waals surface area contributed by atoms with Crippen molar-refractivity contribution in [3.05, 3.63) is 236 Å². The minimum atomic E-state index is -0.0577. The summed E-state index contributed by atoms with van der Waals surface area (Å²) in [6.07, 6.45) is 18.1. The van der Waals surface area contributed by atoms with Crippen LogP contribution >= 0.6 is 0 Å². The van der Waals surface area contributed by atoms with Crippen molar-refractivity contribution in [2.45, 2.75) is 37.6 Å². The number of allylic oxidation sites excluding steroid dienone is 2. The van der Waals surface area contributed by atoms with Crippen LogP contribution in [0.5, 0.6) is 0 Å². The zero-order chi connectivity index (χ0) is 48.2. The summed E-state index contributed by atoms with van der Waals surface area (Å²) in [6, 6.07) is 70.8. The van der Waals surface area contributed by atoms with Gasteiger partial charge in [-0.05, 0) is 167 Å². The maximum absolute atomic E-state index is 5.07. The molecule has 4 fully saturated rings. The smallest absolute Gasteiger partial charge is 0.252 e. The zero-order valence-corrected chi connectivity index (χ0v) is 41.0. The van der Waals surface area contributed by atoms with Crippen molar-refractivity contribution in [2.75, 3.05) is 14.7 Å². The van der Waals surface area contributed by atoms with Crippen LogP contribution < -0.4 is 31.1 Å². The number of anilines is 8. The Labute approximate surface area is 433 Å². The van der Waals surface area contributed by atoms with E-state index < -0.39 is 0 Å². The van der Waals surface area contributed by atoms with Gasteiger partial charge in [-0.1, -0.05) is 140 Å². The SMILES string of the molecule is C1=CCC(N(c2ccccc2)c2ccc3c(c2)N(c2ccccc2-c2ccccn2)c2cc4c(c5c2B3c2ccccc2N5c2ccccc2-c2ccccn2)-c2ccccc2C4C2C3CC4CC5CC2C453)C=C1. The summed E-state index contributed by atoms with van der Waals surface area (Å²) in [5, 5.41) is 0. The first-order chi connectivity index (χ1) is 36.8. The van der Waals surface area contributed by atoms with Gasteiger partial charge in [0.05, 0.1) is 34.5 Å². The van der Waals surface area contributed by atoms with E-state index in [1.54, 1.807) is 0 Å². The number of benzene rings is 7. The number of hydrogen-bond acceptors (Lipinski definition) is 5. The molecule has 6 atom stereocenters. The number of hydrogen-bond donors (Lipinski definition) is 0. The van der Waals surface area contributed by atoms with Crippen molar-refractivity contribution in [1.29, 1.82) is 0 Å².